The number of unbranched alkanes of at least 4 members (excludes halogenated alkanes) is 11. The molecule has 0 aliphatic rings. The summed E-state index contributed by atoms with van der Waals surface area (Å²) in [6.45, 7) is 10.0. The number of hydrogen-bond donors (Lipinski definition) is 0. The molecular weight excluding hydrogens is 228 g/mol. The molecule has 0 aromatic rings. The third kappa shape index (κ3) is 15.7. The fourth-order valence-corrected chi connectivity index (χ4v) is 2.55. The van der Waals surface area contributed by atoms with E-state index in [9.17, 15) is 0 Å². The lowest BCUT2D eigenvalue weighted by Crippen LogP contribution is -1.91. The molecule has 0 heterocycles. The summed E-state index contributed by atoms with van der Waals surface area (Å²) in [7, 11) is 0. The summed E-state index contributed by atoms with van der Waals surface area (Å²) >= 11 is 0. The van der Waals surface area contributed by atoms with Gasteiger partial charge in [-0.3, -0.25) is 0 Å². The van der Waals surface area contributed by atoms with Crippen molar-refractivity contribution in [2.45, 2.75) is 104 Å². The van der Waals surface area contributed by atoms with Crippen molar-refractivity contribution >= 4 is 0 Å². The van der Waals surface area contributed by atoms with Gasteiger partial charge in [0.1, 0.15) is 0 Å². The van der Waals surface area contributed by atoms with Crippen LogP contribution in [0.5, 0.6) is 0 Å². The topological polar surface area (TPSA) is 0 Å². The van der Waals surface area contributed by atoms with E-state index in [0.717, 1.165) is 12.3 Å². The number of allylic oxidation sites excluding steroid dienone is 1. The largest absolute Gasteiger partial charge is 0.0845 e. The Balaban J connectivity index is 2.97. The van der Waals surface area contributed by atoms with Crippen LogP contribution >= 0.6 is 0 Å². The molecule has 1 radical (unpaired) electrons. The molecule has 19 heavy (non-hydrogen) atoms. The van der Waals surface area contributed by atoms with Gasteiger partial charge < -0.3 is 0 Å². The van der Waals surface area contributed by atoms with Crippen LogP contribution in [-0.2, 0) is 0 Å². The van der Waals surface area contributed by atoms with Crippen molar-refractivity contribution in [3.05, 3.63) is 12.7 Å². The molecular formula is C19H37. The highest BCUT2D eigenvalue weighted by Crippen LogP contribution is 2.15. The average Bonchev–Trinajstić information content (AvgIpc) is 2.43. The predicted octanol–water partition coefficient (Wildman–Crippen LogP) is 7.09. The van der Waals surface area contributed by atoms with E-state index in [1.807, 2.05) is 0 Å². The summed E-state index contributed by atoms with van der Waals surface area (Å²) in [4.78, 5) is 0. The predicted molar refractivity (Wildman–Crippen MR) is 88.3 cm³/mol. The van der Waals surface area contributed by atoms with Gasteiger partial charge in [-0.05, 0) is 18.8 Å². The maximum Gasteiger partial charge on any atom is -0.0348 e. The fraction of sp³-hybridized carbons (Fsp3) is 0.895. The Morgan fingerprint density at radius 3 is 1.58 bits per heavy atom. The zero-order valence-corrected chi connectivity index (χ0v) is 13.6. The zero-order chi connectivity index (χ0) is 14.2. The smallest absolute Gasteiger partial charge is 0.0348 e. The minimum atomic E-state index is 0.942. The lowest BCUT2D eigenvalue weighted by molar-refractivity contribution is 0.468. The Morgan fingerprint density at radius 2 is 1.16 bits per heavy atom. The molecule has 0 aliphatic heterocycles. The van der Waals surface area contributed by atoms with Crippen molar-refractivity contribution in [3.8, 4) is 0 Å². The van der Waals surface area contributed by atoms with Gasteiger partial charge in [-0.15, -0.1) is 0 Å². The molecule has 0 N–H and O–H groups in total. The maximum absolute atomic E-state index is 5.36. The molecule has 0 saturated carbocycles. The summed E-state index contributed by atoms with van der Waals surface area (Å²) in [5, 5.41) is 0. The molecule has 0 spiro atoms. The highest BCUT2D eigenvalue weighted by Gasteiger charge is 1.98. The zero-order valence-electron chi connectivity index (χ0n) is 13.6. The van der Waals surface area contributed by atoms with Crippen LogP contribution in [0.15, 0.2) is 6.08 Å². The fourth-order valence-electron chi connectivity index (χ4n) is 2.55. The molecule has 113 valence electrons. The standard InChI is InChI=1S/C19H37/c1-4-6-7-8-9-10-11-12-13-14-15-16-17-18-19(3)5-2/h1,4,19H,5-18H2,2-3H3. The molecule has 0 nitrogen and oxygen atoms in total. The van der Waals surface area contributed by atoms with Crippen LogP contribution < -0.4 is 0 Å². The van der Waals surface area contributed by atoms with Crippen molar-refractivity contribution in [2.24, 2.45) is 5.92 Å². The monoisotopic (exact) mass is 265 g/mol. The van der Waals surface area contributed by atoms with Crippen LogP contribution in [0, 0.1) is 12.5 Å². The van der Waals surface area contributed by atoms with Crippen LogP contribution in [0.4, 0.5) is 0 Å². The third-order valence-electron chi connectivity index (χ3n) is 4.26. The first kappa shape index (κ1) is 18.7. The van der Waals surface area contributed by atoms with Gasteiger partial charge in [0.05, 0.1) is 0 Å². The molecule has 1 atom stereocenters. The summed E-state index contributed by atoms with van der Waals surface area (Å²) in [6.07, 6.45) is 21.3. The van der Waals surface area contributed by atoms with Crippen LogP contribution in [0.25, 0.3) is 0 Å². The van der Waals surface area contributed by atoms with E-state index in [4.69, 9.17) is 6.58 Å². The van der Waals surface area contributed by atoms with Gasteiger partial charge >= 0.3 is 0 Å². The highest BCUT2D eigenvalue weighted by atomic mass is 14.0. The first-order valence-corrected chi connectivity index (χ1v) is 8.84. The van der Waals surface area contributed by atoms with Crippen LogP contribution in [0.3, 0.4) is 0 Å². The Hall–Kier alpha value is -0.260. The normalized spacial score (nSPS) is 12.5. The Morgan fingerprint density at radius 1 is 0.737 bits per heavy atom. The van der Waals surface area contributed by atoms with E-state index in [1.54, 1.807) is 6.08 Å². The molecule has 0 rings (SSSR count). The SMILES string of the molecule is [CH]=CCCCCCCCCCCCCCC(C)CC. The molecule has 0 saturated heterocycles. The van der Waals surface area contributed by atoms with Gasteiger partial charge in [-0.1, -0.05) is 104 Å². The first-order valence-electron chi connectivity index (χ1n) is 8.84. The molecule has 0 heteroatoms. The molecule has 0 fully saturated rings. The van der Waals surface area contributed by atoms with Gasteiger partial charge in [0.2, 0.25) is 0 Å². The second-order valence-corrected chi connectivity index (χ2v) is 6.22. The molecule has 0 aliphatic carbocycles. The quantitative estimate of drug-likeness (QED) is 0.277. The molecule has 0 bridgehead atoms. The summed E-state index contributed by atoms with van der Waals surface area (Å²) in [5.74, 6) is 0.942. The lowest BCUT2D eigenvalue weighted by Gasteiger charge is -2.07. The van der Waals surface area contributed by atoms with Crippen LogP contribution in [-0.4, -0.2) is 0 Å². The Kier molecular flexibility index (Phi) is 15.6. The Labute approximate surface area is 123 Å². The van der Waals surface area contributed by atoms with Crippen LogP contribution in [0.1, 0.15) is 104 Å². The highest BCUT2D eigenvalue weighted by molar-refractivity contribution is 4.61. The summed E-state index contributed by atoms with van der Waals surface area (Å²) < 4.78 is 0. The number of rotatable bonds is 15. The van der Waals surface area contributed by atoms with Crippen molar-refractivity contribution in [1.29, 1.82) is 0 Å². The second-order valence-electron chi connectivity index (χ2n) is 6.22. The first-order chi connectivity index (χ1) is 9.31. The van der Waals surface area contributed by atoms with E-state index < -0.39 is 0 Å². The maximum atomic E-state index is 5.36. The van der Waals surface area contributed by atoms with E-state index in [-0.39, 0.29) is 0 Å². The molecule has 0 amide bonds. The van der Waals surface area contributed by atoms with E-state index in [1.165, 1.54) is 83.5 Å². The average molecular weight is 266 g/mol. The third-order valence-corrected chi connectivity index (χ3v) is 4.26. The van der Waals surface area contributed by atoms with Crippen molar-refractivity contribution in [3.63, 3.8) is 0 Å². The summed E-state index contributed by atoms with van der Waals surface area (Å²) in [5.41, 5.74) is 0. The number of hydrogen-bond acceptors (Lipinski definition) is 0. The van der Waals surface area contributed by atoms with Gasteiger partial charge in [-0.25, -0.2) is 0 Å². The van der Waals surface area contributed by atoms with E-state index in [2.05, 4.69) is 13.8 Å². The minimum Gasteiger partial charge on any atom is -0.0845 e. The summed E-state index contributed by atoms with van der Waals surface area (Å²) in [6, 6.07) is 0. The molecule has 1 unspecified atom stereocenters. The molecule has 0 aromatic carbocycles. The van der Waals surface area contributed by atoms with E-state index >= 15 is 0 Å². The van der Waals surface area contributed by atoms with Crippen LogP contribution in [0.2, 0.25) is 0 Å². The minimum absolute atomic E-state index is 0.942. The Bertz CT molecular complexity index is 171. The van der Waals surface area contributed by atoms with Gasteiger partial charge in [0, 0.05) is 0 Å². The van der Waals surface area contributed by atoms with E-state index in [0.29, 0.717) is 0 Å². The second kappa shape index (κ2) is 15.8. The molecule has 0 aromatic heterocycles. The van der Waals surface area contributed by atoms with Gasteiger partial charge in [0.15, 0.2) is 0 Å². The van der Waals surface area contributed by atoms with Gasteiger partial charge in [-0.2, -0.15) is 0 Å². The van der Waals surface area contributed by atoms with Crippen molar-refractivity contribution < 1.29 is 0 Å². The lowest BCUT2D eigenvalue weighted by atomic mass is 9.99. The van der Waals surface area contributed by atoms with Crippen molar-refractivity contribution in [2.75, 3.05) is 0 Å². The van der Waals surface area contributed by atoms with Crippen molar-refractivity contribution in [1.82, 2.24) is 0 Å². The van der Waals surface area contributed by atoms with Gasteiger partial charge in [0.25, 0.3) is 0 Å².